The van der Waals surface area contributed by atoms with Gasteiger partial charge in [-0.2, -0.15) is 5.10 Å². The van der Waals surface area contributed by atoms with Gasteiger partial charge in [-0.15, -0.1) is 0 Å². The molecule has 2 aromatic rings. The van der Waals surface area contributed by atoms with Crippen LogP contribution in [0, 0.1) is 0 Å². The number of hydrogen-bond acceptors (Lipinski definition) is 2. The Bertz CT molecular complexity index is 579. The summed E-state index contributed by atoms with van der Waals surface area (Å²) in [5.74, 6) is 0. The zero-order chi connectivity index (χ0) is 14.0. The van der Waals surface area contributed by atoms with Gasteiger partial charge in [0.05, 0.1) is 16.9 Å². The van der Waals surface area contributed by atoms with Gasteiger partial charge in [0.1, 0.15) is 5.60 Å². The number of aryl methyl sites for hydroxylation is 1. The summed E-state index contributed by atoms with van der Waals surface area (Å²) in [5, 5.41) is 16.0. The minimum Gasteiger partial charge on any atom is -0.379 e. The summed E-state index contributed by atoms with van der Waals surface area (Å²) < 4.78 is 1.73. The summed E-state index contributed by atoms with van der Waals surface area (Å²) in [7, 11) is 0. The van der Waals surface area contributed by atoms with Crippen molar-refractivity contribution in [3.8, 4) is 0 Å². The second-order valence-electron chi connectivity index (χ2n) is 4.62. The largest absolute Gasteiger partial charge is 0.379 e. The van der Waals surface area contributed by atoms with E-state index < -0.39 is 5.60 Å². The Morgan fingerprint density at radius 2 is 1.95 bits per heavy atom. The van der Waals surface area contributed by atoms with Gasteiger partial charge in [-0.3, -0.25) is 4.68 Å². The van der Waals surface area contributed by atoms with Crippen molar-refractivity contribution in [3.05, 3.63) is 51.8 Å². The molecule has 0 aliphatic rings. The van der Waals surface area contributed by atoms with Crippen LogP contribution in [-0.4, -0.2) is 14.9 Å². The van der Waals surface area contributed by atoms with Crippen LogP contribution in [0.5, 0.6) is 0 Å². The number of halogens is 2. The van der Waals surface area contributed by atoms with E-state index in [2.05, 4.69) is 5.10 Å². The van der Waals surface area contributed by atoms with Crippen molar-refractivity contribution in [1.82, 2.24) is 9.78 Å². The fraction of sp³-hybridized carbons (Fsp3) is 0.357. The Morgan fingerprint density at radius 1 is 1.26 bits per heavy atom. The maximum atomic E-state index is 10.9. The van der Waals surface area contributed by atoms with Crippen molar-refractivity contribution in [2.75, 3.05) is 0 Å². The molecule has 1 unspecified atom stereocenters. The predicted octanol–water partition coefficient (Wildman–Crippen LogP) is 3.86. The van der Waals surface area contributed by atoms with Crippen molar-refractivity contribution in [1.29, 1.82) is 0 Å². The van der Waals surface area contributed by atoms with Crippen LogP contribution in [0.25, 0.3) is 0 Å². The normalized spacial score (nSPS) is 14.4. The summed E-state index contributed by atoms with van der Waals surface area (Å²) in [4.78, 5) is 0. The molecule has 102 valence electrons. The highest BCUT2D eigenvalue weighted by Gasteiger charge is 2.33. The lowest BCUT2D eigenvalue weighted by atomic mass is 9.92. The molecule has 19 heavy (non-hydrogen) atoms. The Kier molecular flexibility index (Phi) is 4.19. The SMILES string of the molecule is CCCn1ncc(Cl)c1C(C)(O)c1ccccc1Cl. The first-order valence-corrected chi connectivity index (χ1v) is 6.93. The van der Waals surface area contributed by atoms with Crippen LogP contribution in [0.3, 0.4) is 0 Å². The van der Waals surface area contributed by atoms with Crippen LogP contribution in [0.4, 0.5) is 0 Å². The third-order valence-electron chi connectivity index (χ3n) is 3.09. The first-order valence-electron chi connectivity index (χ1n) is 6.17. The molecular weight excluding hydrogens is 283 g/mol. The summed E-state index contributed by atoms with van der Waals surface area (Å²) in [5.41, 5.74) is -0.0817. The van der Waals surface area contributed by atoms with Crippen LogP contribution in [0.15, 0.2) is 30.5 Å². The average Bonchev–Trinajstić information content (AvgIpc) is 2.72. The van der Waals surface area contributed by atoms with Gasteiger partial charge in [-0.05, 0) is 19.4 Å². The van der Waals surface area contributed by atoms with E-state index in [-0.39, 0.29) is 0 Å². The highest BCUT2D eigenvalue weighted by Crippen LogP contribution is 2.37. The quantitative estimate of drug-likeness (QED) is 0.931. The van der Waals surface area contributed by atoms with Crippen molar-refractivity contribution in [2.45, 2.75) is 32.4 Å². The Balaban J connectivity index is 2.56. The monoisotopic (exact) mass is 298 g/mol. The Labute approximate surface area is 122 Å². The fourth-order valence-corrected chi connectivity index (χ4v) is 2.86. The molecule has 0 amide bonds. The number of benzene rings is 1. The Hall–Kier alpha value is -1.03. The lowest BCUT2D eigenvalue weighted by Gasteiger charge is -2.26. The van der Waals surface area contributed by atoms with Crippen LogP contribution < -0.4 is 0 Å². The molecule has 0 fully saturated rings. The number of rotatable bonds is 4. The van der Waals surface area contributed by atoms with Crippen molar-refractivity contribution < 1.29 is 5.11 Å². The molecule has 0 saturated carbocycles. The molecule has 0 aliphatic heterocycles. The molecule has 1 N–H and O–H groups in total. The van der Waals surface area contributed by atoms with E-state index in [1.54, 1.807) is 29.9 Å². The van der Waals surface area contributed by atoms with Crippen LogP contribution in [0.1, 0.15) is 31.5 Å². The molecule has 0 saturated heterocycles. The average molecular weight is 299 g/mol. The zero-order valence-corrected chi connectivity index (χ0v) is 12.4. The van der Waals surface area contributed by atoms with Gasteiger partial charge in [0, 0.05) is 17.1 Å². The molecule has 1 atom stereocenters. The van der Waals surface area contributed by atoms with Gasteiger partial charge in [0.2, 0.25) is 0 Å². The van der Waals surface area contributed by atoms with Crippen molar-refractivity contribution >= 4 is 23.2 Å². The summed E-state index contributed by atoms with van der Waals surface area (Å²) in [6, 6.07) is 7.21. The number of hydrogen-bond donors (Lipinski definition) is 1. The summed E-state index contributed by atoms with van der Waals surface area (Å²) in [6.07, 6.45) is 2.46. The molecule has 5 heteroatoms. The van der Waals surface area contributed by atoms with Gasteiger partial charge in [-0.1, -0.05) is 48.3 Å². The minimum atomic E-state index is -1.28. The fourth-order valence-electron chi connectivity index (χ4n) is 2.21. The van der Waals surface area contributed by atoms with E-state index in [1.807, 2.05) is 19.1 Å². The van der Waals surface area contributed by atoms with E-state index in [1.165, 1.54) is 0 Å². The van der Waals surface area contributed by atoms with E-state index in [4.69, 9.17) is 23.2 Å². The lowest BCUT2D eigenvalue weighted by molar-refractivity contribution is 0.0916. The smallest absolute Gasteiger partial charge is 0.131 e. The van der Waals surface area contributed by atoms with E-state index in [0.29, 0.717) is 27.8 Å². The van der Waals surface area contributed by atoms with Crippen molar-refractivity contribution in [2.24, 2.45) is 0 Å². The van der Waals surface area contributed by atoms with Gasteiger partial charge < -0.3 is 5.11 Å². The number of aromatic nitrogens is 2. The molecule has 0 radical (unpaired) electrons. The maximum absolute atomic E-state index is 10.9. The lowest BCUT2D eigenvalue weighted by Crippen LogP contribution is -2.27. The highest BCUT2D eigenvalue weighted by molar-refractivity contribution is 6.32. The first kappa shape index (κ1) is 14.4. The molecule has 2 rings (SSSR count). The van der Waals surface area contributed by atoms with E-state index in [0.717, 1.165) is 6.42 Å². The van der Waals surface area contributed by atoms with E-state index >= 15 is 0 Å². The summed E-state index contributed by atoms with van der Waals surface area (Å²) in [6.45, 7) is 4.43. The van der Waals surface area contributed by atoms with Crippen molar-refractivity contribution in [3.63, 3.8) is 0 Å². The third kappa shape index (κ3) is 2.64. The van der Waals surface area contributed by atoms with Gasteiger partial charge >= 0.3 is 0 Å². The molecule has 0 spiro atoms. The zero-order valence-electron chi connectivity index (χ0n) is 10.9. The van der Waals surface area contributed by atoms with Gasteiger partial charge in [-0.25, -0.2) is 0 Å². The Morgan fingerprint density at radius 3 is 2.58 bits per heavy atom. The standard InChI is InChI=1S/C14H16Cl2N2O/c1-3-8-18-13(12(16)9-17-18)14(2,19)10-6-4-5-7-11(10)15/h4-7,9,19H,3,8H2,1-2H3. The maximum Gasteiger partial charge on any atom is 0.131 e. The number of nitrogens with zero attached hydrogens (tertiary/aromatic N) is 2. The molecule has 0 aliphatic carbocycles. The highest BCUT2D eigenvalue weighted by atomic mass is 35.5. The van der Waals surface area contributed by atoms with Gasteiger partial charge in [0.25, 0.3) is 0 Å². The minimum absolute atomic E-state index is 0.443. The number of aliphatic hydroxyl groups is 1. The van der Waals surface area contributed by atoms with Crippen LogP contribution in [0.2, 0.25) is 10.0 Å². The molecule has 3 nitrogen and oxygen atoms in total. The van der Waals surface area contributed by atoms with E-state index in [9.17, 15) is 5.11 Å². The topological polar surface area (TPSA) is 38.0 Å². The van der Waals surface area contributed by atoms with Crippen LogP contribution >= 0.6 is 23.2 Å². The van der Waals surface area contributed by atoms with Crippen LogP contribution in [-0.2, 0) is 12.1 Å². The predicted molar refractivity (Wildman–Crippen MR) is 77.7 cm³/mol. The molecule has 1 aromatic heterocycles. The van der Waals surface area contributed by atoms with Gasteiger partial charge in [0.15, 0.2) is 0 Å². The summed E-state index contributed by atoms with van der Waals surface area (Å²) >= 11 is 12.4. The second kappa shape index (κ2) is 5.53. The second-order valence-corrected chi connectivity index (χ2v) is 5.43. The molecule has 1 heterocycles. The molecule has 1 aromatic carbocycles. The third-order valence-corrected chi connectivity index (χ3v) is 3.70. The molecular formula is C14H16Cl2N2O. The first-order chi connectivity index (χ1) is 8.98. The molecule has 0 bridgehead atoms.